The highest BCUT2D eigenvalue weighted by molar-refractivity contribution is 6.31. The molecular formula is C35H33ClO5. The standard InChI is InChI=1S/C35H33ClO5/c1-2-38-30-16-13-25(14-17-30)19-29-20-28(15-18-32(29)36)34-35(40-24-27-11-7-4-8-12-27)33(21-31(22-37)41-34)39-23-26-9-5-3-6-10-26/h3-18,20-22,33-35H,2,19,23-24H2,1H3. The summed E-state index contributed by atoms with van der Waals surface area (Å²) in [7, 11) is 0. The second-order valence-electron chi connectivity index (χ2n) is 9.85. The Morgan fingerprint density at radius 2 is 1.46 bits per heavy atom. The average Bonchev–Trinajstić information content (AvgIpc) is 3.02. The quantitative estimate of drug-likeness (QED) is 0.164. The van der Waals surface area contributed by atoms with Crippen LogP contribution in [0.25, 0.3) is 0 Å². The number of ether oxygens (including phenoxy) is 4. The van der Waals surface area contributed by atoms with Crippen LogP contribution < -0.4 is 4.74 Å². The molecule has 0 aromatic heterocycles. The monoisotopic (exact) mass is 568 g/mol. The van der Waals surface area contributed by atoms with Gasteiger partial charge in [0.2, 0.25) is 0 Å². The van der Waals surface area contributed by atoms with Gasteiger partial charge in [0.25, 0.3) is 0 Å². The third-order valence-electron chi connectivity index (χ3n) is 6.93. The Bertz CT molecular complexity index is 1440. The zero-order valence-corrected chi connectivity index (χ0v) is 23.7. The second kappa shape index (κ2) is 14.1. The molecule has 4 aromatic carbocycles. The van der Waals surface area contributed by atoms with E-state index in [2.05, 4.69) is 0 Å². The molecule has 6 heteroatoms. The van der Waals surface area contributed by atoms with Gasteiger partial charge < -0.3 is 18.9 Å². The number of halogens is 1. The Kier molecular flexibility index (Phi) is 9.87. The maximum Gasteiger partial charge on any atom is 0.184 e. The Balaban J connectivity index is 1.43. The molecule has 4 aromatic rings. The molecule has 0 aliphatic carbocycles. The summed E-state index contributed by atoms with van der Waals surface area (Å²) >= 11 is 6.66. The van der Waals surface area contributed by atoms with E-state index < -0.39 is 18.3 Å². The normalized spacial score (nSPS) is 18.3. The van der Waals surface area contributed by atoms with Crippen LogP contribution in [0.3, 0.4) is 0 Å². The van der Waals surface area contributed by atoms with Crippen LogP contribution in [0.4, 0.5) is 0 Å². The fourth-order valence-electron chi connectivity index (χ4n) is 4.86. The summed E-state index contributed by atoms with van der Waals surface area (Å²) in [4.78, 5) is 12.0. The van der Waals surface area contributed by atoms with Crippen molar-refractivity contribution in [3.05, 3.63) is 148 Å². The maximum atomic E-state index is 12.0. The van der Waals surface area contributed by atoms with Crippen LogP contribution in [0, 0.1) is 0 Å². The minimum atomic E-state index is -0.582. The number of carbonyl (C=O) groups excluding carboxylic acids is 1. The van der Waals surface area contributed by atoms with Gasteiger partial charge in [-0.15, -0.1) is 0 Å². The largest absolute Gasteiger partial charge is 0.494 e. The van der Waals surface area contributed by atoms with E-state index in [0.717, 1.165) is 39.9 Å². The summed E-state index contributed by atoms with van der Waals surface area (Å²) in [6.07, 6.45) is 1.45. The Morgan fingerprint density at radius 3 is 2.10 bits per heavy atom. The molecule has 3 atom stereocenters. The van der Waals surface area contributed by atoms with Crippen LogP contribution in [0.2, 0.25) is 5.02 Å². The zero-order chi connectivity index (χ0) is 28.4. The van der Waals surface area contributed by atoms with Crippen molar-refractivity contribution in [2.24, 2.45) is 0 Å². The topological polar surface area (TPSA) is 54.0 Å². The van der Waals surface area contributed by atoms with Gasteiger partial charge in [0.1, 0.15) is 18.0 Å². The summed E-state index contributed by atoms with van der Waals surface area (Å²) in [5.41, 5.74) is 4.97. The van der Waals surface area contributed by atoms with E-state index in [0.29, 0.717) is 31.3 Å². The first-order valence-corrected chi connectivity index (χ1v) is 14.2. The van der Waals surface area contributed by atoms with Crippen molar-refractivity contribution in [3.63, 3.8) is 0 Å². The molecule has 0 saturated heterocycles. The van der Waals surface area contributed by atoms with Gasteiger partial charge in [-0.1, -0.05) is 96.5 Å². The Labute approximate surface area is 246 Å². The fourth-order valence-corrected chi connectivity index (χ4v) is 5.05. The summed E-state index contributed by atoms with van der Waals surface area (Å²) in [5.74, 6) is 1.05. The molecule has 0 N–H and O–H groups in total. The molecule has 3 unspecified atom stereocenters. The fraction of sp³-hybridized carbons (Fsp3) is 0.229. The van der Waals surface area contributed by atoms with Crippen LogP contribution >= 0.6 is 11.6 Å². The first-order chi connectivity index (χ1) is 20.1. The van der Waals surface area contributed by atoms with Gasteiger partial charge in [-0.2, -0.15) is 0 Å². The molecule has 1 aliphatic rings. The summed E-state index contributed by atoms with van der Waals surface area (Å²) in [6, 6.07) is 33.7. The van der Waals surface area contributed by atoms with E-state index in [9.17, 15) is 4.79 Å². The molecule has 41 heavy (non-hydrogen) atoms. The highest BCUT2D eigenvalue weighted by atomic mass is 35.5. The number of benzene rings is 4. The molecule has 1 aliphatic heterocycles. The van der Waals surface area contributed by atoms with E-state index in [1.54, 1.807) is 6.08 Å². The first-order valence-electron chi connectivity index (χ1n) is 13.8. The summed E-state index contributed by atoms with van der Waals surface area (Å²) in [6.45, 7) is 3.32. The second-order valence-corrected chi connectivity index (χ2v) is 10.3. The van der Waals surface area contributed by atoms with E-state index in [1.165, 1.54) is 0 Å². The van der Waals surface area contributed by atoms with Crippen molar-refractivity contribution in [1.29, 1.82) is 0 Å². The highest BCUT2D eigenvalue weighted by Crippen LogP contribution is 2.36. The SMILES string of the molecule is CCOc1ccc(Cc2cc(C3OC(C=O)=CC(OCc4ccccc4)C3OCc3ccccc3)ccc2Cl)cc1. The van der Waals surface area contributed by atoms with Crippen molar-refractivity contribution in [2.45, 2.75) is 44.9 Å². The molecule has 0 saturated carbocycles. The lowest BCUT2D eigenvalue weighted by atomic mass is 9.94. The average molecular weight is 569 g/mol. The molecule has 1 heterocycles. The van der Waals surface area contributed by atoms with Crippen LogP contribution in [0.1, 0.15) is 40.8 Å². The highest BCUT2D eigenvalue weighted by Gasteiger charge is 2.38. The van der Waals surface area contributed by atoms with Gasteiger partial charge in [0.05, 0.1) is 19.8 Å². The Morgan fingerprint density at radius 1 is 0.805 bits per heavy atom. The number of hydrogen-bond acceptors (Lipinski definition) is 5. The van der Waals surface area contributed by atoms with E-state index >= 15 is 0 Å². The van der Waals surface area contributed by atoms with Gasteiger partial charge in [0, 0.05) is 5.02 Å². The smallest absolute Gasteiger partial charge is 0.184 e. The minimum absolute atomic E-state index is 0.218. The number of hydrogen-bond donors (Lipinski definition) is 0. The number of allylic oxidation sites excluding steroid dienone is 1. The van der Waals surface area contributed by atoms with Gasteiger partial charge in [-0.3, -0.25) is 4.79 Å². The molecule has 0 amide bonds. The predicted molar refractivity (Wildman–Crippen MR) is 160 cm³/mol. The lowest BCUT2D eigenvalue weighted by Gasteiger charge is -2.36. The van der Waals surface area contributed by atoms with Crippen LogP contribution in [-0.2, 0) is 38.6 Å². The van der Waals surface area contributed by atoms with Crippen molar-refractivity contribution in [1.82, 2.24) is 0 Å². The minimum Gasteiger partial charge on any atom is -0.494 e. The molecule has 5 rings (SSSR count). The molecule has 0 fully saturated rings. The van der Waals surface area contributed by atoms with Crippen LogP contribution in [0.5, 0.6) is 5.75 Å². The van der Waals surface area contributed by atoms with E-state index in [-0.39, 0.29) is 5.76 Å². The zero-order valence-electron chi connectivity index (χ0n) is 22.9. The van der Waals surface area contributed by atoms with Crippen molar-refractivity contribution >= 4 is 17.9 Å². The number of carbonyl (C=O) groups is 1. The number of rotatable bonds is 12. The lowest BCUT2D eigenvalue weighted by molar-refractivity contribution is -0.143. The molecule has 0 spiro atoms. The van der Waals surface area contributed by atoms with Crippen molar-refractivity contribution < 1.29 is 23.7 Å². The van der Waals surface area contributed by atoms with Crippen molar-refractivity contribution in [3.8, 4) is 5.75 Å². The number of aldehydes is 1. The van der Waals surface area contributed by atoms with Gasteiger partial charge >= 0.3 is 0 Å². The lowest BCUT2D eigenvalue weighted by Crippen LogP contribution is -2.40. The van der Waals surface area contributed by atoms with Gasteiger partial charge in [-0.25, -0.2) is 0 Å². The van der Waals surface area contributed by atoms with Crippen molar-refractivity contribution in [2.75, 3.05) is 6.61 Å². The molecule has 0 radical (unpaired) electrons. The molecule has 210 valence electrons. The predicted octanol–water partition coefficient (Wildman–Crippen LogP) is 7.65. The summed E-state index contributed by atoms with van der Waals surface area (Å²) in [5, 5.41) is 0.656. The van der Waals surface area contributed by atoms with E-state index in [4.69, 9.17) is 30.5 Å². The maximum absolute atomic E-state index is 12.0. The summed E-state index contributed by atoms with van der Waals surface area (Å²) < 4.78 is 24.7. The van der Waals surface area contributed by atoms with E-state index in [1.807, 2.05) is 110 Å². The third-order valence-corrected chi connectivity index (χ3v) is 7.30. The van der Waals surface area contributed by atoms with Crippen LogP contribution in [0.15, 0.2) is 115 Å². The molecule has 0 bridgehead atoms. The van der Waals surface area contributed by atoms with Gasteiger partial charge in [-0.05, 0) is 65.4 Å². The van der Waals surface area contributed by atoms with Crippen LogP contribution in [-0.4, -0.2) is 25.1 Å². The third kappa shape index (κ3) is 7.65. The Hall–Kier alpha value is -3.90. The molecular weight excluding hydrogens is 536 g/mol. The first kappa shape index (κ1) is 28.6. The molecule has 5 nitrogen and oxygen atoms in total. The van der Waals surface area contributed by atoms with Gasteiger partial charge in [0.15, 0.2) is 18.1 Å².